The summed E-state index contributed by atoms with van der Waals surface area (Å²) in [5, 5.41) is 5.54. The molecular formula is C14H22ClN3O2. The number of rotatable bonds is 6. The lowest BCUT2D eigenvalue weighted by Gasteiger charge is -2.10. The predicted molar refractivity (Wildman–Crippen MR) is 83.2 cm³/mol. The average molecular weight is 300 g/mol. The minimum absolute atomic E-state index is 0. The van der Waals surface area contributed by atoms with Gasteiger partial charge in [0, 0.05) is 30.3 Å². The maximum atomic E-state index is 11.7. The molecule has 4 N–H and O–H groups in total. The first kappa shape index (κ1) is 18.4. The lowest BCUT2D eigenvalue weighted by Crippen LogP contribution is -2.27. The van der Waals surface area contributed by atoms with Crippen molar-refractivity contribution in [2.75, 3.05) is 18.4 Å². The molecule has 0 aliphatic heterocycles. The van der Waals surface area contributed by atoms with Crippen molar-refractivity contribution < 1.29 is 9.59 Å². The number of carbonyl (C=O) groups excluding carboxylic acids is 2. The molecule has 0 radical (unpaired) electrons. The Morgan fingerprint density at radius 1 is 1.25 bits per heavy atom. The van der Waals surface area contributed by atoms with Gasteiger partial charge < -0.3 is 16.4 Å². The second-order valence-electron chi connectivity index (χ2n) is 4.46. The summed E-state index contributed by atoms with van der Waals surface area (Å²) in [6, 6.07) is 6.80. The highest BCUT2D eigenvalue weighted by Crippen LogP contribution is 2.10. The molecule has 0 saturated heterocycles. The highest BCUT2D eigenvalue weighted by Gasteiger charge is 2.11. The molecule has 2 amide bonds. The first-order valence-electron chi connectivity index (χ1n) is 6.47. The van der Waals surface area contributed by atoms with Crippen molar-refractivity contribution in [2.24, 2.45) is 11.7 Å². The fourth-order valence-corrected chi connectivity index (χ4v) is 1.42. The molecule has 6 heteroatoms. The molecule has 20 heavy (non-hydrogen) atoms. The molecule has 1 aromatic rings. The minimum Gasteiger partial charge on any atom is -0.352 e. The van der Waals surface area contributed by atoms with Crippen LogP contribution in [0.15, 0.2) is 24.3 Å². The molecule has 0 spiro atoms. The summed E-state index contributed by atoms with van der Waals surface area (Å²) >= 11 is 0. The third kappa shape index (κ3) is 5.59. The van der Waals surface area contributed by atoms with Crippen LogP contribution < -0.4 is 16.4 Å². The smallest absolute Gasteiger partial charge is 0.251 e. The zero-order valence-corrected chi connectivity index (χ0v) is 12.6. The Bertz CT molecular complexity index is 435. The van der Waals surface area contributed by atoms with Crippen molar-refractivity contribution in [3.63, 3.8) is 0 Å². The molecule has 0 aromatic heterocycles. The lowest BCUT2D eigenvalue weighted by molar-refractivity contribution is -0.119. The van der Waals surface area contributed by atoms with Crippen LogP contribution in [-0.2, 0) is 4.79 Å². The van der Waals surface area contributed by atoms with Gasteiger partial charge in [0.2, 0.25) is 5.91 Å². The third-order valence-electron chi connectivity index (χ3n) is 2.75. The number of amides is 2. The minimum atomic E-state index is -0.229. The summed E-state index contributed by atoms with van der Waals surface area (Å²) in [6.45, 7) is 4.73. The molecule has 1 atom stereocenters. The Morgan fingerprint density at radius 2 is 1.85 bits per heavy atom. The first-order chi connectivity index (χ1) is 9.08. The number of halogens is 1. The summed E-state index contributed by atoms with van der Waals surface area (Å²) in [6.07, 6.45) is 0.900. The van der Waals surface area contributed by atoms with Gasteiger partial charge in [0.15, 0.2) is 0 Å². The van der Waals surface area contributed by atoms with Gasteiger partial charge in [-0.15, -0.1) is 12.4 Å². The van der Waals surface area contributed by atoms with Crippen molar-refractivity contribution in [3.05, 3.63) is 29.8 Å². The number of anilines is 1. The fraction of sp³-hybridized carbons (Fsp3) is 0.429. The van der Waals surface area contributed by atoms with E-state index >= 15 is 0 Å². The Balaban J connectivity index is 0.00000361. The summed E-state index contributed by atoms with van der Waals surface area (Å²) in [4.78, 5) is 23.3. The van der Waals surface area contributed by atoms with E-state index in [9.17, 15) is 9.59 Å². The van der Waals surface area contributed by atoms with Crippen molar-refractivity contribution in [1.82, 2.24) is 5.32 Å². The molecule has 0 saturated carbocycles. The van der Waals surface area contributed by atoms with E-state index in [2.05, 4.69) is 10.6 Å². The molecule has 0 aliphatic rings. The maximum absolute atomic E-state index is 11.7. The zero-order valence-electron chi connectivity index (χ0n) is 11.8. The molecule has 0 bridgehead atoms. The largest absolute Gasteiger partial charge is 0.352 e. The van der Waals surface area contributed by atoms with E-state index < -0.39 is 0 Å². The third-order valence-corrected chi connectivity index (χ3v) is 2.75. The van der Waals surface area contributed by atoms with Gasteiger partial charge in [-0.05, 0) is 30.7 Å². The van der Waals surface area contributed by atoms with Crippen LogP contribution in [0.5, 0.6) is 0 Å². The molecule has 1 unspecified atom stereocenters. The number of carbonyl (C=O) groups is 2. The summed E-state index contributed by atoms with van der Waals surface area (Å²) in [7, 11) is 0. The van der Waals surface area contributed by atoms with Crippen molar-refractivity contribution in [2.45, 2.75) is 20.3 Å². The number of hydrogen-bond donors (Lipinski definition) is 3. The van der Waals surface area contributed by atoms with Crippen LogP contribution in [-0.4, -0.2) is 24.9 Å². The van der Waals surface area contributed by atoms with Gasteiger partial charge in [-0.25, -0.2) is 0 Å². The molecular weight excluding hydrogens is 278 g/mol. The molecule has 112 valence electrons. The van der Waals surface area contributed by atoms with E-state index in [0.29, 0.717) is 24.3 Å². The lowest BCUT2D eigenvalue weighted by atomic mass is 10.1. The van der Waals surface area contributed by atoms with E-state index in [4.69, 9.17) is 5.73 Å². The number of nitrogens with two attached hydrogens (primary N) is 1. The van der Waals surface area contributed by atoms with Crippen LogP contribution in [0.25, 0.3) is 0 Å². The van der Waals surface area contributed by atoms with E-state index in [1.54, 1.807) is 31.2 Å². The molecule has 5 nitrogen and oxygen atoms in total. The standard InChI is InChI=1S/C14H21N3O2.ClH/c1-3-8-16-14(19)11-4-6-12(7-5-11)17-13(18)10(2)9-15;/h4-7,10H,3,8-9,15H2,1-2H3,(H,16,19)(H,17,18);1H. The molecule has 1 aromatic carbocycles. The Hall–Kier alpha value is -1.59. The first-order valence-corrected chi connectivity index (χ1v) is 6.47. The molecule has 0 aliphatic carbocycles. The topological polar surface area (TPSA) is 84.2 Å². The monoisotopic (exact) mass is 299 g/mol. The summed E-state index contributed by atoms with van der Waals surface area (Å²) in [5.41, 5.74) is 6.67. The number of benzene rings is 1. The van der Waals surface area contributed by atoms with Gasteiger partial charge in [-0.1, -0.05) is 13.8 Å². The normalized spacial score (nSPS) is 11.2. The van der Waals surface area contributed by atoms with Crippen LogP contribution in [0.2, 0.25) is 0 Å². The van der Waals surface area contributed by atoms with Gasteiger partial charge in [0.1, 0.15) is 0 Å². The second kappa shape index (κ2) is 9.34. The Morgan fingerprint density at radius 3 is 2.35 bits per heavy atom. The van der Waals surface area contributed by atoms with Gasteiger partial charge in [-0.2, -0.15) is 0 Å². The molecule has 1 rings (SSSR count). The van der Waals surface area contributed by atoms with E-state index in [1.807, 2.05) is 6.92 Å². The van der Waals surface area contributed by atoms with Crippen molar-refractivity contribution >= 4 is 29.9 Å². The fourth-order valence-electron chi connectivity index (χ4n) is 1.42. The van der Waals surface area contributed by atoms with Gasteiger partial charge in [0.05, 0.1) is 0 Å². The van der Waals surface area contributed by atoms with Crippen LogP contribution >= 0.6 is 12.4 Å². The quantitative estimate of drug-likeness (QED) is 0.748. The summed E-state index contributed by atoms with van der Waals surface area (Å²) in [5.74, 6) is -0.451. The highest BCUT2D eigenvalue weighted by molar-refractivity contribution is 5.96. The predicted octanol–water partition coefficient (Wildman–Crippen LogP) is 1.78. The van der Waals surface area contributed by atoms with E-state index in [1.165, 1.54) is 0 Å². The van der Waals surface area contributed by atoms with Crippen molar-refractivity contribution in [1.29, 1.82) is 0 Å². The second-order valence-corrected chi connectivity index (χ2v) is 4.46. The van der Waals surface area contributed by atoms with Gasteiger partial charge in [-0.3, -0.25) is 9.59 Å². The van der Waals surface area contributed by atoms with E-state index in [-0.39, 0.29) is 30.1 Å². The van der Waals surface area contributed by atoms with Gasteiger partial charge in [0.25, 0.3) is 5.91 Å². The van der Waals surface area contributed by atoms with Crippen molar-refractivity contribution in [3.8, 4) is 0 Å². The molecule has 0 heterocycles. The highest BCUT2D eigenvalue weighted by atomic mass is 35.5. The van der Waals surface area contributed by atoms with E-state index in [0.717, 1.165) is 6.42 Å². The SMILES string of the molecule is CCCNC(=O)c1ccc(NC(=O)C(C)CN)cc1.Cl. The Kier molecular flexibility index (Phi) is 8.59. The number of nitrogens with one attached hydrogen (secondary N) is 2. The molecule has 0 fully saturated rings. The van der Waals surface area contributed by atoms with Crippen LogP contribution in [0, 0.1) is 5.92 Å². The van der Waals surface area contributed by atoms with Gasteiger partial charge >= 0.3 is 0 Å². The summed E-state index contributed by atoms with van der Waals surface area (Å²) < 4.78 is 0. The van der Waals surface area contributed by atoms with Crippen LogP contribution in [0.1, 0.15) is 30.6 Å². The average Bonchev–Trinajstić information content (AvgIpc) is 2.44. The number of hydrogen-bond acceptors (Lipinski definition) is 3. The van der Waals surface area contributed by atoms with Crippen LogP contribution in [0.3, 0.4) is 0 Å². The van der Waals surface area contributed by atoms with Crippen LogP contribution in [0.4, 0.5) is 5.69 Å². The zero-order chi connectivity index (χ0) is 14.3. The maximum Gasteiger partial charge on any atom is 0.251 e. The Labute approximate surface area is 125 Å².